The van der Waals surface area contributed by atoms with Gasteiger partial charge in [-0.2, -0.15) is 4.98 Å². The summed E-state index contributed by atoms with van der Waals surface area (Å²) in [6, 6.07) is 3.77. The summed E-state index contributed by atoms with van der Waals surface area (Å²) >= 11 is 5.90. The van der Waals surface area contributed by atoms with Gasteiger partial charge < -0.3 is 14.3 Å². The number of amides is 2. The van der Waals surface area contributed by atoms with E-state index in [2.05, 4.69) is 10.1 Å². The fourth-order valence-corrected chi connectivity index (χ4v) is 3.61. The van der Waals surface area contributed by atoms with Gasteiger partial charge in [-0.3, -0.25) is 9.59 Å². The predicted octanol–water partition coefficient (Wildman–Crippen LogP) is 3.29. The first-order chi connectivity index (χ1) is 13.8. The minimum atomic E-state index is -0.607. The number of benzene rings is 1. The maximum Gasteiger partial charge on any atom is 0.256 e. The lowest BCUT2D eigenvalue weighted by Gasteiger charge is -2.27. The summed E-state index contributed by atoms with van der Waals surface area (Å²) in [6.45, 7) is 6.63. The number of halogens is 2. The fraction of sp³-hybridized carbons (Fsp3) is 0.500. The van der Waals surface area contributed by atoms with Crippen LogP contribution >= 0.6 is 11.6 Å². The van der Waals surface area contributed by atoms with Gasteiger partial charge in [-0.25, -0.2) is 4.39 Å². The molecule has 1 fully saturated rings. The van der Waals surface area contributed by atoms with Crippen LogP contribution in [0.3, 0.4) is 0 Å². The first kappa shape index (κ1) is 21.2. The Morgan fingerprint density at radius 2 is 2.17 bits per heavy atom. The third-order valence-electron chi connectivity index (χ3n) is 5.01. The summed E-state index contributed by atoms with van der Waals surface area (Å²) in [6.07, 6.45) is 1.08. The molecule has 2 heterocycles. The van der Waals surface area contributed by atoms with Crippen molar-refractivity contribution in [3.63, 3.8) is 0 Å². The van der Waals surface area contributed by atoms with Crippen LogP contribution in [0.25, 0.3) is 0 Å². The lowest BCUT2D eigenvalue weighted by atomic mass is 10.2. The van der Waals surface area contributed by atoms with Gasteiger partial charge in [0.05, 0.1) is 11.6 Å². The monoisotopic (exact) mass is 422 g/mol. The molecule has 1 saturated heterocycles. The highest BCUT2D eigenvalue weighted by Gasteiger charge is 2.33. The quantitative estimate of drug-likeness (QED) is 0.713. The van der Waals surface area contributed by atoms with E-state index in [-0.39, 0.29) is 23.4 Å². The van der Waals surface area contributed by atoms with Crippen molar-refractivity contribution >= 4 is 23.4 Å². The van der Waals surface area contributed by atoms with E-state index >= 15 is 0 Å². The maximum absolute atomic E-state index is 14.0. The van der Waals surface area contributed by atoms with Crippen molar-refractivity contribution in [2.24, 2.45) is 0 Å². The van der Waals surface area contributed by atoms with E-state index in [0.29, 0.717) is 49.2 Å². The van der Waals surface area contributed by atoms with Gasteiger partial charge in [0.25, 0.3) is 5.91 Å². The van der Waals surface area contributed by atoms with E-state index in [0.717, 1.165) is 0 Å². The topological polar surface area (TPSA) is 79.5 Å². The van der Waals surface area contributed by atoms with Crippen molar-refractivity contribution in [3.05, 3.63) is 46.3 Å². The van der Waals surface area contributed by atoms with Crippen LogP contribution in [0.5, 0.6) is 0 Å². The van der Waals surface area contributed by atoms with Crippen molar-refractivity contribution in [1.82, 2.24) is 19.9 Å². The minimum absolute atomic E-state index is 0.0551. The average molecular weight is 423 g/mol. The third kappa shape index (κ3) is 4.93. The van der Waals surface area contributed by atoms with E-state index < -0.39 is 11.7 Å². The van der Waals surface area contributed by atoms with E-state index in [9.17, 15) is 14.0 Å². The molecule has 3 rings (SSSR count). The molecule has 0 radical (unpaired) electrons. The van der Waals surface area contributed by atoms with Gasteiger partial charge in [-0.15, -0.1) is 0 Å². The molecule has 2 amide bonds. The molecule has 9 heteroatoms. The molecule has 1 aromatic carbocycles. The highest BCUT2D eigenvalue weighted by Crippen LogP contribution is 2.22. The molecule has 1 aliphatic rings. The van der Waals surface area contributed by atoms with Crippen LogP contribution in [0.2, 0.25) is 5.02 Å². The Morgan fingerprint density at radius 3 is 2.83 bits per heavy atom. The Hall–Kier alpha value is -2.48. The third-order valence-corrected chi connectivity index (χ3v) is 5.24. The molecule has 0 spiro atoms. The Balaban J connectivity index is 1.64. The summed E-state index contributed by atoms with van der Waals surface area (Å²) in [5.74, 6) is 0.134. The largest absolute Gasteiger partial charge is 0.339 e. The van der Waals surface area contributed by atoms with Crippen molar-refractivity contribution in [2.45, 2.75) is 45.6 Å². The fourth-order valence-electron chi connectivity index (χ4n) is 3.43. The lowest BCUT2D eigenvalue weighted by molar-refractivity contribution is -0.130. The zero-order valence-electron chi connectivity index (χ0n) is 16.7. The number of rotatable bonds is 6. The smallest absolute Gasteiger partial charge is 0.256 e. The molecule has 1 aliphatic heterocycles. The maximum atomic E-state index is 14.0. The number of likely N-dealkylation sites (tertiary alicyclic amines) is 1. The normalized spacial score (nSPS) is 16.5. The second-order valence-electron chi connectivity index (χ2n) is 7.48. The van der Waals surface area contributed by atoms with Gasteiger partial charge in [0.2, 0.25) is 11.8 Å². The number of nitrogens with zero attached hydrogens (tertiary/aromatic N) is 4. The molecule has 0 bridgehead atoms. The summed E-state index contributed by atoms with van der Waals surface area (Å²) in [5, 5.41) is 4.26. The minimum Gasteiger partial charge on any atom is -0.339 e. The summed E-state index contributed by atoms with van der Waals surface area (Å²) in [7, 11) is 0. The van der Waals surface area contributed by atoms with Gasteiger partial charge in [0, 0.05) is 43.9 Å². The van der Waals surface area contributed by atoms with Gasteiger partial charge in [0.1, 0.15) is 5.82 Å². The van der Waals surface area contributed by atoms with Crippen molar-refractivity contribution < 1.29 is 18.5 Å². The molecule has 0 saturated carbocycles. The summed E-state index contributed by atoms with van der Waals surface area (Å²) in [4.78, 5) is 32.5. The number of aromatic nitrogens is 2. The molecule has 0 aliphatic carbocycles. The van der Waals surface area contributed by atoms with Gasteiger partial charge >= 0.3 is 0 Å². The standard InChI is InChI=1S/C20H24ClFN4O3/c1-12(2)19-23-18(24-29-19)7-9-26(13(3)27)15-6-8-25(11-15)20(28)16-10-14(21)4-5-17(16)22/h4-5,10,12,15H,6-9,11H2,1-3H3. The number of carbonyl (C=O) groups excluding carboxylic acids is 2. The Bertz CT molecular complexity index is 902. The van der Waals surface area contributed by atoms with Crippen LogP contribution in [0.1, 0.15) is 55.2 Å². The Kier molecular flexibility index (Phi) is 6.52. The molecular weight excluding hydrogens is 399 g/mol. The zero-order valence-corrected chi connectivity index (χ0v) is 17.4. The molecule has 1 aromatic heterocycles. The van der Waals surface area contributed by atoms with E-state index in [1.165, 1.54) is 25.1 Å². The molecule has 2 aromatic rings. The van der Waals surface area contributed by atoms with E-state index in [1.807, 2.05) is 13.8 Å². The van der Waals surface area contributed by atoms with Gasteiger partial charge in [0.15, 0.2) is 5.82 Å². The summed E-state index contributed by atoms with van der Waals surface area (Å²) in [5.41, 5.74) is -0.0551. The van der Waals surface area contributed by atoms with Gasteiger partial charge in [-0.05, 0) is 24.6 Å². The van der Waals surface area contributed by atoms with Crippen LogP contribution in [-0.2, 0) is 11.2 Å². The zero-order chi connectivity index (χ0) is 21.1. The molecular formula is C20H24ClFN4O3. The molecule has 29 heavy (non-hydrogen) atoms. The van der Waals surface area contributed by atoms with Crippen LogP contribution in [-0.4, -0.2) is 57.4 Å². The first-order valence-corrected chi connectivity index (χ1v) is 9.98. The molecule has 0 N–H and O–H groups in total. The van der Waals surface area contributed by atoms with Crippen LogP contribution in [0, 0.1) is 5.82 Å². The lowest BCUT2D eigenvalue weighted by Crippen LogP contribution is -2.42. The molecule has 7 nitrogen and oxygen atoms in total. The van der Waals surface area contributed by atoms with Crippen LogP contribution in [0.4, 0.5) is 4.39 Å². The second kappa shape index (κ2) is 8.90. The van der Waals surface area contributed by atoms with Crippen molar-refractivity contribution in [1.29, 1.82) is 0 Å². The Labute approximate surface area is 173 Å². The number of carbonyl (C=O) groups is 2. The van der Waals surface area contributed by atoms with Crippen molar-refractivity contribution in [2.75, 3.05) is 19.6 Å². The van der Waals surface area contributed by atoms with E-state index in [4.69, 9.17) is 16.1 Å². The van der Waals surface area contributed by atoms with Crippen LogP contribution < -0.4 is 0 Å². The number of hydrogen-bond donors (Lipinski definition) is 0. The number of hydrogen-bond acceptors (Lipinski definition) is 5. The predicted molar refractivity (Wildman–Crippen MR) is 105 cm³/mol. The second-order valence-corrected chi connectivity index (χ2v) is 7.92. The van der Waals surface area contributed by atoms with E-state index in [1.54, 1.807) is 9.80 Å². The summed E-state index contributed by atoms with van der Waals surface area (Å²) < 4.78 is 19.2. The molecule has 156 valence electrons. The van der Waals surface area contributed by atoms with Crippen LogP contribution in [0.15, 0.2) is 22.7 Å². The highest BCUT2D eigenvalue weighted by molar-refractivity contribution is 6.31. The van der Waals surface area contributed by atoms with Gasteiger partial charge in [-0.1, -0.05) is 30.6 Å². The SMILES string of the molecule is CC(=O)N(CCc1noc(C(C)C)n1)C1CCN(C(=O)c2cc(Cl)ccc2F)C1. The Morgan fingerprint density at radius 1 is 1.41 bits per heavy atom. The first-order valence-electron chi connectivity index (χ1n) is 9.60. The molecule has 1 unspecified atom stereocenters. The molecule has 1 atom stereocenters. The van der Waals surface area contributed by atoms with Crippen molar-refractivity contribution in [3.8, 4) is 0 Å². The average Bonchev–Trinajstić information content (AvgIpc) is 3.33. The highest BCUT2D eigenvalue weighted by atomic mass is 35.5.